The van der Waals surface area contributed by atoms with E-state index < -0.39 is 0 Å². The first kappa shape index (κ1) is 15.7. The first-order chi connectivity index (χ1) is 13.9. The summed E-state index contributed by atoms with van der Waals surface area (Å²) < 4.78 is 8.51. The van der Waals surface area contributed by atoms with Crippen LogP contribution in [-0.4, -0.2) is 14.8 Å². The maximum absolute atomic E-state index is 6.55. The lowest BCUT2D eigenvalue weighted by atomic mass is 9.87. The smallest absolute Gasteiger partial charge is 0.226 e. The predicted octanol–water partition coefficient (Wildman–Crippen LogP) is 4.90. The maximum atomic E-state index is 6.55. The van der Waals surface area contributed by atoms with Crippen LogP contribution in [0.1, 0.15) is 28.1 Å². The Balaban J connectivity index is 1.65. The molecule has 6 rings (SSSR count). The van der Waals surface area contributed by atoms with Crippen LogP contribution in [0.15, 0.2) is 84.0 Å². The van der Waals surface area contributed by atoms with Crippen molar-refractivity contribution in [1.29, 1.82) is 0 Å². The molecule has 0 saturated carbocycles. The summed E-state index contributed by atoms with van der Waals surface area (Å²) in [5.74, 6) is 1.63. The molecule has 1 N–H and O–H groups in total. The highest BCUT2D eigenvalue weighted by Gasteiger charge is 2.41. The summed E-state index contributed by atoms with van der Waals surface area (Å²) in [6.45, 7) is 0. The lowest BCUT2D eigenvalue weighted by molar-refractivity contribution is 0.223. The molecule has 0 fully saturated rings. The molecule has 4 aromatic rings. The van der Waals surface area contributed by atoms with E-state index in [0.717, 1.165) is 34.1 Å². The van der Waals surface area contributed by atoms with Gasteiger partial charge in [-0.3, -0.25) is 0 Å². The number of anilines is 1. The Morgan fingerprint density at radius 3 is 2.68 bits per heavy atom. The minimum atomic E-state index is -0.206. The molecule has 28 heavy (non-hydrogen) atoms. The van der Waals surface area contributed by atoms with Crippen LogP contribution in [-0.2, 0) is 0 Å². The van der Waals surface area contributed by atoms with Crippen LogP contribution in [0.25, 0.3) is 5.70 Å². The Labute approximate surface area is 165 Å². The average molecular weight is 384 g/mol. The van der Waals surface area contributed by atoms with Gasteiger partial charge in [-0.1, -0.05) is 48.5 Å². The Bertz CT molecular complexity index is 1180. The molecule has 0 saturated heterocycles. The summed E-state index contributed by atoms with van der Waals surface area (Å²) in [5, 5.41) is 10.2. The van der Waals surface area contributed by atoms with E-state index >= 15 is 0 Å². The van der Waals surface area contributed by atoms with Crippen molar-refractivity contribution in [3.8, 4) is 5.75 Å². The summed E-state index contributed by atoms with van der Waals surface area (Å²) in [6, 6.07) is 22.7. The maximum Gasteiger partial charge on any atom is 0.226 e. The molecule has 136 valence electrons. The molecule has 2 atom stereocenters. The lowest BCUT2D eigenvalue weighted by Gasteiger charge is -2.38. The van der Waals surface area contributed by atoms with Crippen molar-refractivity contribution in [2.75, 3.05) is 5.32 Å². The van der Waals surface area contributed by atoms with Gasteiger partial charge in [-0.25, -0.2) is 4.68 Å². The Kier molecular flexibility index (Phi) is 3.39. The molecular weight excluding hydrogens is 368 g/mol. The number of hydrogen-bond donors (Lipinski definition) is 1. The van der Waals surface area contributed by atoms with Crippen molar-refractivity contribution in [2.45, 2.75) is 12.1 Å². The molecule has 6 heteroatoms. The van der Waals surface area contributed by atoms with Crippen LogP contribution in [0.5, 0.6) is 5.75 Å². The second kappa shape index (κ2) is 6.07. The highest BCUT2D eigenvalue weighted by Crippen LogP contribution is 2.50. The van der Waals surface area contributed by atoms with Crippen LogP contribution in [0.2, 0.25) is 0 Å². The number of aromatic nitrogens is 3. The van der Waals surface area contributed by atoms with E-state index in [0.29, 0.717) is 0 Å². The van der Waals surface area contributed by atoms with Crippen molar-refractivity contribution < 1.29 is 4.74 Å². The Hall–Kier alpha value is -3.38. The fraction of sp³-hybridized carbons (Fsp3) is 0.0909. The molecule has 0 bridgehead atoms. The normalized spacial score (nSPS) is 19.9. The number of thiophene rings is 1. The van der Waals surface area contributed by atoms with Gasteiger partial charge in [-0.05, 0) is 29.1 Å². The van der Waals surface area contributed by atoms with Gasteiger partial charge in [0.05, 0.1) is 5.70 Å². The second-order valence-corrected chi connectivity index (χ2v) is 7.79. The van der Waals surface area contributed by atoms with Gasteiger partial charge >= 0.3 is 0 Å². The number of fused-ring (bicyclic) bond motifs is 3. The first-order valence-corrected chi connectivity index (χ1v) is 10.0. The zero-order chi connectivity index (χ0) is 18.5. The highest BCUT2D eigenvalue weighted by atomic mass is 32.1. The van der Waals surface area contributed by atoms with Gasteiger partial charge < -0.3 is 10.1 Å². The van der Waals surface area contributed by atoms with Crippen LogP contribution in [0.3, 0.4) is 0 Å². The number of benzene rings is 2. The number of ether oxygens (including phenoxy) is 1. The molecule has 5 nitrogen and oxygen atoms in total. The van der Waals surface area contributed by atoms with Crippen molar-refractivity contribution in [2.24, 2.45) is 0 Å². The van der Waals surface area contributed by atoms with Gasteiger partial charge in [0, 0.05) is 16.0 Å². The van der Waals surface area contributed by atoms with Gasteiger partial charge in [0.25, 0.3) is 0 Å². The molecular formula is C22H16N4OS. The zero-order valence-corrected chi connectivity index (χ0v) is 15.6. The number of nitrogens with zero attached hydrogens (tertiary/aromatic N) is 3. The Morgan fingerprint density at radius 1 is 0.964 bits per heavy atom. The van der Waals surface area contributed by atoms with Crippen LogP contribution >= 0.6 is 11.3 Å². The molecule has 2 aromatic heterocycles. The molecule has 2 aliphatic heterocycles. The third-order valence-electron chi connectivity index (χ3n) is 5.24. The topological polar surface area (TPSA) is 52.0 Å². The van der Waals surface area contributed by atoms with Crippen LogP contribution in [0.4, 0.5) is 5.95 Å². The number of rotatable bonds is 2. The summed E-state index contributed by atoms with van der Waals surface area (Å²) in [6.07, 6.45) is 1.40. The van der Waals surface area contributed by atoms with Crippen molar-refractivity contribution in [3.05, 3.63) is 100 Å². The predicted molar refractivity (Wildman–Crippen MR) is 109 cm³/mol. The standard InChI is InChI=1S/C22H16N4OS/c1-2-7-14(8-3-1)21-18-19(15-9-4-5-10-16(15)27-21)25-22-23-13-24-26(22)20(18)17-11-6-12-28-17/h1-13,20-21H,(H,23,24,25). The molecule has 4 heterocycles. The lowest BCUT2D eigenvalue weighted by Crippen LogP contribution is -2.32. The van der Waals surface area contributed by atoms with Crippen LogP contribution in [0, 0.1) is 0 Å². The minimum absolute atomic E-state index is 0.0627. The molecule has 2 aromatic carbocycles. The Morgan fingerprint density at radius 2 is 1.82 bits per heavy atom. The van der Waals surface area contributed by atoms with Gasteiger partial charge in [-0.2, -0.15) is 10.1 Å². The monoisotopic (exact) mass is 384 g/mol. The fourth-order valence-electron chi connectivity index (χ4n) is 4.04. The van der Waals surface area contributed by atoms with Gasteiger partial charge in [-0.15, -0.1) is 11.3 Å². The van der Waals surface area contributed by atoms with Crippen molar-refractivity contribution in [3.63, 3.8) is 0 Å². The quantitative estimate of drug-likeness (QED) is 0.534. The summed E-state index contributed by atoms with van der Waals surface area (Å²) >= 11 is 1.72. The fourth-order valence-corrected chi connectivity index (χ4v) is 4.87. The first-order valence-electron chi connectivity index (χ1n) is 9.15. The van der Waals surface area contributed by atoms with E-state index in [1.807, 2.05) is 28.9 Å². The summed E-state index contributed by atoms with van der Waals surface area (Å²) in [7, 11) is 0. The molecule has 0 amide bonds. The summed E-state index contributed by atoms with van der Waals surface area (Å²) in [5.41, 5.74) is 4.40. The van der Waals surface area contributed by atoms with Gasteiger partial charge in [0.1, 0.15) is 24.2 Å². The third-order valence-corrected chi connectivity index (χ3v) is 6.16. The number of para-hydroxylation sites is 1. The van der Waals surface area contributed by atoms with E-state index in [9.17, 15) is 0 Å². The third kappa shape index (κ3) is 2.25. The van der Waals surface area contributed by atoms with Crippen LogP contribution < -0.4 is 10.1 Å². The van der Waals surface area contributed by atoms with E-state index in [-0.39, 0.29) is 12.1 Å². The highest BCUT2D eigenvalue weighted by molar-refractivity contribution is 7.10. The van der Waals surface area contributed by atoms with Gasteiger partial charge in [0.15, 0.2) is 0 Å². The van der Waals surface area contributed by atoms with E-state index in [2.05, 4.69) is 63.2 Å². The number of hydrogen-bond acceptors (Lipinski definition) is 5. The average Bonchev–Trinajstić information content (AvgIpc) is 3.44. The molecule has 2 unspecified atom stereocenters. The van der Waals surface area contributed by atoms with E-state index in [1.54, 1.807) is 17.7 Å². The molecule has 0 radical (unpaired) electrons. The van der Waals surface area contributed by atoms with Crippen molar-refractivity contribution in [1.82, 2.24) is 14.8 Å². The largest absolute Gasteiger partial charge is 0.480 e. The molecule has 2 aliphatic rings. The zero-order valence-electron chi connectivity index (χ0n) is 14.8. The SMILES string of the molecule is c1ccc(C2Oc3ccccc3C3=C2C(c2cccs2)n2ncnc2N3)cc1. The summed E-state index contributed by atoms with van der Waals surface area (Å²) in [4.78, 5) is 5.66. The molecule has 0 spiro atoms. The minimum Gasteiger partial charge on any atom is -0.480 e. The number of nitrogens with one attached hydrogen (secondary N) is 1. The molecule has 0 aliphatic carbocycles. The second-order valence-electron chi connectivity index (χ2n) is 6.81. The van der Waals surface area contributed by atoms with E-state index in [1.165, 1.54) is 4.88 Å². The van der Waals surface area contributed by atoms with E-state index in [4.69, 9.17) is 4.74 Å². The van der Waals surface area contributed by atoms with Gasteiger partial charge in [0.2, 0.25) is 5.95 Å². The van der Waals surface area contributed by atoms with Crippen molar-refractivity contribution >= 4 is 23.0 Å².